The maximum Gasteiger partial charge on any atom is 0.274 e. The molecule has 1 N–H and O–H groups in total. The molecular weight excluding hydrogens is 404 g/mol. The molecule has 1 atom stereocenters. The number of morpholine rings is 1. The minimum Gasteiger partial charge on any atom is -0.378 e. The maximum absolute atomic E-state index is 13.3. The minimum atomic E-state index is -3.53. The fourth-order valence-corrected chi connectivity index (χ4v) is 6.28. The molecule has 4 heterocycles. The van der Waals surface area contributed by atoms with Crippen LogP contribution < -0.4 is 5.32 Å². The summed E-state index contributed by atoms with van der Waals surface area (Å²) in [5.74, 6) is -0.384. The van der Waals surface area contributed by atoms with Crippen LogP contribution >= 0.6 is 0 Å². The highest BCUT2D eigenvalue weighted by Gasteiger charge is 2.38. The van der Waals surface area contributed by atoms with Crippen LogP contribution in [0.3, 0.4) is 0 Å². The molecule has 2 fully saturated rings. The fourth-order valence-electron chi connectivity index (χ4n) is 4.69. The van der Waals surface area contributed by atoms with Crippen molar-refractivity contribution in [1.82, 2.24) is 20.0 Å². The zero-order valence-electron chi connectivity index (χ0n) is 16.8. The van der Waals surface area contributed by atoms with Crippen LogP contribution in [0.25, 0.3) is 11.3 Å². The summed E-state index contributed by atoms with van der Waals surface area (Å²) < 4.78 is 33.4. The summed E-state index contributed by atoms with van der Waals surface area (Å²) in [6.45, 7) is 3.82. The van der Waals surface area contributed by atoms with Crippen molar-refractivity contribution in [2.75, 3.05) is 39.4 Å². The molecule has 0 saturated carbocycles. The van der Waals surface area contributed by atoms with Gasteiger partial charge in [-0.1, -0.05) is 18.2 Å². The quantitative estimate of drug-likeness (QED) is 0.778. The van der Waals surface area contributed by atoms with Gasteiger partial charge in [-0.2, -0.15) is 5.10 Å². The number of nitrogens with one attached hydrogen (secondary N) is 1. The Labute approximate surface area is 176 Å². The van der Waals surface area contributed by atoms with E-state index in [1.807, 2.05) is 16.8 Å². The summed E-state index contributed by atoms with van der Waals surface area (Å²) >= 11 is 0. The Balaban J connectivity index is 1.68. The van der Waals surface area contributed by atoms with E-state index in [2.05, 4.69) is 5.32 Å². The topological polar surface area (TPSA) is 93.5 Å². The van der Waals surface area contributed by atoms with Gasteiger partial charge in [0.25, 0.3) is 5.91 Å². The SMILES string of the molecule is O=C(c1nn([C@H]2CCCNCC2)c2c1CS(=O)(=O)c1ccccc1-2)N1CCOCC1. The third-order valence-corrected chi connectivity index (χ3v) is 7.91. The largest absolute Gasteiger partial charge is 0.378 e. The summed E-state index contributed by atoms with van der Waals surface area (Å²) in [5.41, 5.74) is 2.28. The molecule has 3 aliphatic heterocycles. The first kappa shape index (κ1) is 19.7. The first-order valence-electron chi connectivity index (χ1n) is 10.6. The van der Waals surface area contributed by atoms with Crippen molar-refractivity contribution < 1.29 is 17.9 Å². The Kier molecular flexibility index (Phi) is 5.12. The lowest BCUT2D eigenvalue weighted by Gasteiger charge is -2.26. The average Bonchev–Trinajstić information content (AvgIpc) is 2.94. The molecule has 8 nitrogen and oxygen atoms in total. The van der Waals surface area contributed by atoms with Crippen LogP contribution in [-0.4, -0.2) is 68.4 Å². The van der Waals surface area contributed by atoms with Crippen LogP contribution in [0.15, 0.2) is 29.2 Å². The third-order valence-electron chi connectivity index (χ3n) is 6.21. The number of carbonyl (C=O) groups is 1. The molecule has 9 heteroatoms. The van der Waals surface area contributed by atoms with Gasteiger partial charge in [0.05, 0.1) is 35.6 Å². The van der Waals surface area contributed by atoms with E-state index in [1.54, 1.807) is 17.0 Å². The molecule has 0 spiro atoms. The molecule has 160 valence electrons. The molecule has 1 amide bonds. The lowest BCUT2D eigenvalue weighted by molar-refractivity contribution is 0.0297. The van der Waals surface area contributed by atoms with Crippen LogP contribution in [0.1, 0.15) is 41.4 Å². The number of rotatable bonds is 2. The van der Waals surface area contributed by atoms with E-state index < -0.39 is 9.84 Å². The second kappa shape index (κ2) is 7.79. The number of sulfone groups is 1. The zero-order valence-corrected chi connectivity index (χ0v) is 17.7. The number of amides is 1. The van der Waals surface area contributed by atoms with Gasteiger partial charge in [-0.05, 0) is 38.4 Å². The molecular formula is C21H26N4O4S. The summed E-state index contributed by atoms with van der Waals surface area (Å²) in [6.07, 6.45) is 2.86. The summed E-state index contributed by atoms with van der Waals surface area (Å²) in [7, 11) is -3.53. The van der Waals surface area contributed by atoms with Crippen molar-refractivity contribution in [3.05, 3.63) is 35.5 Å². The molecule has 0 unspecified atom stereocenters. The van der Waals surface area contributed by atoms with E-state index in [0.29, 0.717) is 42.3 Å². The van der Waals surface area contributed by atoms with Gasteiger partial charge in [-0.25, -0.2) is 8.42 Å². The summed E-state index contributed by atoms with van der Waals surface area (Å²) in [5, 5.41) is 8.20. The summed E-state index contributed by atoms with van der Waals surface area (Å²) in [6, 6.07) is 7.22. The van der Waals surface area contributed by atoms with Gasteiger partial charge in [0, 0.05) is 24.2 Å². The van der Waals surface area contributed by atoms with E-state index in [4.69, 9.17) is 9.84 Å². The van der Waals surface area contributed by atoms with E-state index in [1.165, 1.54) is 0 Å². The molecule has 2 saturated heterocycles. The zero-order chi connectivity index (χ0) is 20.7. The number of hydrogen-bond acceptors (Lipinski definition) is 6. The highest BCUT2D eigenvalue weighted by Crippen LogP contribution is 2.41. The van der Waals surface area contributed by atoms with E-state index in [-0.39, 0.29) is 23.4 Å². The van der Waals surface area contributed by atoms with E-state index >= 15 is 0 Å². The monoisotopic (exact) mass is 430 g/mol. The van der Waals surface area contributed by atoms with Gasteiger partial charge in [-0.15, -0.1) is 0 Å². The Bertz CT molecular complexity index is 1060. The Hall–Kier alpha value is -2.23. The molecule has 30 heavy (non-hydrogen) atoms. The number of nitrogens with zero attached hydrogens (tertiary/aromatic N) is 3. The van der Waals surface area contributed by atoms with E-state index in [0.717, 1.165) is 38.0 Å². The Morgan fingerprint density at radius 3 is 2.77 bits per heavy atom. The van der Waals surface area contributed by atoms with Crippen molar-refractivity contribution in [3.63, 3.8) is 0 Å². The Morgan fingerprint density at radius 1 is 1.13 bits per heavy atom. The molecule has 0 bridgehead atoms. The average molecular weight is 431 g/mol. The lowest BCUT2D eigenvalue weighted by atomic mass is 10.0. The fraction of sp³-hybridized carbons (Fsp3) is 0.524. The van der Waals surface area contributed by atoms with Gasteiger partial charge >= 0.3 is 0 Å². The number of hydrogen-bond donors (Lipinski definition) is 1. The molecule has 0 radical (unpaired) electrons. The standard InChI is InChI=1S/C21H26N4O4S/c26-21(24-10-12-29-13-11-24)19-17-14-30(27,28)18-6-2-1-5-16(18)20(17)25(23-19)15-4-3-8-22-9-7-15/h1-2,5-6,15,22H,3-4,7-14H2/t15-/m0/s1. The molecule has 1 aromatic heterocycles. The van der Waals surface area contributed by atoms with Crippen LogP contribution in [0.4, 0.5) is 0 Å². The third kappa shape index (κ3) is 3.34. The molecule has 2 aromatic rings. The van der Waals surface area contributed by atoms with Crippen molar-refractivity contribution in [3.8, 4) is 11.3 Å². The number of ether oxygens (including phenoxy) is 1. The molecule has 1 aromatic carbocycles. The lowest BCUT2D eigenvalue weighted by Crippen LogP contribution is -2.41. The van der Waals surface area contributed by atoms with Crippen molar-refractivity contribution in [1.29, 1.82) is 0 Å². The predicted octanol–water partition coefficient (Wildman–Crippen LogP) is 1.62. The number of carbonyl (C=O) groups excluding carboxylic acids is 1. The van der Waals surface area contributed by atoms with Crippen LogP contribution in [0.2, 0.25) is 0 Å². The van der Waals surface area contributed by atoms with E-state index in [9.17, 15) is 13.2 Å². The van der Waals surface area contributed by atoms with Gasteiger partial charge < -0.3 is 15.0 Å². The number of benzene rings is 1. The minimum absolute atomic E-state index is 0.133. The first-order chi connectivity index (χ1) is 14.6. The smallest absolute Gasteiger partial charge is 0.274 e. The highest BCUT2D eigenvalue weighted by molar-refractivity contribution is 7.90. The predicted molar refractivity (Wildman–Crippen MR) is 111 cm³/mol. The second-order valence-corrected chi connectivity index (χ2v) is 10.1. The van der Waals surface area contributed by atoms with Crippen molar-refractivity contribution >= 4 is 15.7 Å². The molecule has 3 aliphatic rings. The van der Waals surface area contributed by atoms with Gasteiger partial charge in [0.1, 0.15) is 0 Å². The maximum atomic E-state index is 13.3. The second-order valence-electron chi connectivity index (χ2n) is 8.11. The normalized spacial score (nSPS) is 23.3. The van der Waals surface area contributed by atoms with Crippen molar-refractivity contribution in [2.24, 2.45) is 0 Å². The molecule has 5 rings (SSSR count). The highest BCUT2D eigenvalue weighted by atomic mass is 32.2. The number of fused-ring (bicyclic) bond motifs is 3. The molecule has 0 aliphatic carbocycles. The van der Waals surface area contributed by atoms with Crippen LogP contribution in [0, 0.1) is 0 Å². The van der Waals surface area contributed by atoms with Crippen LogP contribution in [-0.2, 0) is 20.3 Å². The van der Waals surface area contributed by atoms with Gasteiger partial charge in [-0.3, -0.25) is 9.48 Å². The summed E-state index contributed by atoms with van der Waals surface area (Å²) in [4.78, 5) is 15.4. The first-order valence-corrected chi connectivity index (χ1v) is 12.2. The van der Waals surface area contributed by atoms with Crippen molar-refractivity contribution in [2.45, 2.75) is 36.0 Å². The van der Waals surface area contributed by atoms with Crippen LogP contribution in [0.5, 0.6) is 0 Å². The number of aromatic nitrogens is 2. The van der Waals surface area contributed by atoms with Gasteiger partial charge in [0.15, 0.2) is 15.5 Å². The Morgan fingerprint density at radius 2 is 1.93 bits per heavy atom. The van der Waals surface area contributed by atoms with Gasteiger partial charge in [0.2, 0.25) is 0 Å².